The molecule has 0 aliphatic carbocycles. The van der Waals surface area contributed by atoms with Crippen molar-refractivity contribution < 1.29 is 8.78 Å². The topological polar surface area (TPSA) is 70.4 Å². The van der Waals surface area contributed by atoms with Crippen LogP contribution in [0.3, 0.4) is 0 Å². The second-order valence-corrected chi connectivity index (χ2v) is 8.32. The number of aromatic nitrogens is 3. The first-order valence-electron chi connectivity index (χ1n) is 10.1. The van der Waals surface area contributed by atoms with Gasteiger partial charge in [0, 0.05) is 38.8 Å². The number of halogens is 2. The zero-order valence-electron chi connectivity index (χ0n) is 17.7. The van der Waals surface area contributed by atoms with Crippen LogP contribution in [0, 0.1) is 18.6 Å². The third kappa shape index (κ3) is 5.84. The van der Waals surface area contributed by atoms with E-state index < -0.39 is 11.6 Å². The molecule has 1 unspecified atom stereocenters. The van der Waals surface area contributed by atoms with Crippen LogP contribution < -0.4 is 15.5 Å². The van der Waals surface area contributed by atoms with Gasteiger partial charge in [-0.2, -0.15) is 11.8 Å². The lowest BCUT2D eigenvalue weighted by Crippen LogP contribution is -2.45. The number of aryl methyl sites for hydroxylation is 1. The van der Waals surface area contributed by atoms with E-state index in [1.807, 2.05) is 35.2 Å². The van der Waals surface area contributed by atoms with Gasteiger partial charge in [-0.05, 0) is 43.9 Å². The maximum atomic E-state index is 14.1. The van der Waals surface area contributed by atoms with E-state index in [1.165, 1.54) is 12.1 Å². The molecule has 164 valence electrons. The summed E-state index contributed by atoms with van der Waals surface area (Å²) in [5.41, 5.74) is 0.432. The number of guanidine groups is 1. The highest BCUT2D eigenvalue weighted by Crippen LogP contribution is 2.24. The molecule has 7 nitrogen and oxygen atoms in total. The van der Waals surface area contributed by atoms with Gasteiger partial charge < -0.3 is 20.1 Å². The fraction of sp³-hybridized carbons (Fsp3) is 0.550. The average molecular weight is 438 g/mol. The smallest absolute Gasteiger partial charge is 0.191 e. The molecule has 1 aromatic heterocycles. The van der Waals surface area contributed by atoms with Crippen LogP contribution >= 0.6 is 11.8 Å². The van der Waals surface area contributed by atoms with Gasteiger partial charge >= 0.3 is 0 Å². The van der Waals surface area contributed by atoms with Crippen LogP contribution in [0.25, 0.3) is 0 Å². The van der Waals surface area contributed by atoms with E-state index >= 15 is 0 Å². The number of nitrogens with one attached hydrogen (secondary N) is 2. The van der Waals surface area contributed by atoms with Crippen molar-refractivity contribution in [1.29, 1.82) is 0 Å². The van der Waals surface area contributed by atoms with Crippen molar-refractivity contribution in [2.24, 2.45) is 12.0 Å². The summed E-state index contributed by atoms with van der Waals surface area (Å²) in [6, 6.07) is 3.84. The standard InChI is InChI=1S/C20H29F2N7S/c1-14-26-27-19(28(14)2)12-24-20(23-8-4-10-30-3)25-16-7-9-29(13-16)18-6-5-15(21)11-17(18)22/h5-6,11,16H,4,7-10,12-13H2,1-3H3,(H2,23,24,25). The van der Waals surface area contributed by atoms with Crippen LogP contribution in [0.15, 0.2) is 23.2 Å². The van der Waals surface area contributed by atoms with Crippen LogP contribution in [0.4, 0.5) is 14.5 Å². The number of rotatable bonds is 8. The summed E-state index contributed by atoms with van der Waals surface area (Å²) in [5, 5.41) is 15.1. The Hall–Kier alpha value is -2.36. The van der Waals surface area contributed by atoms with Crippen LogP contribution in [0.5, 0.6) is 0 Å². The molecule has 0 spiro atoms. The molecular weight excluding hydrogens is 408 g/mol. The van der Waals surface area contributed by atoms with Crippen molar-refractivity contribution >= 4 is 23.4 Å². The van der Waals surface area contributed by atoms with Crippen molar-refractivity contribution in [3.05, 3.63) is 41.5 Å². The van der Waals surface area contributed by atoms with Gasteiger partial charge in [0.15, 0.2) is 11.8 Å². The summed E-state index contributed by atoms with van der Waals surface area (Å²) in [6.07, 6.45) is 3.96. The number of hydrogen-bond donors (Lipinski definition) is 2. The third-order valence-electron chi connectivity index (χ3n) is 5.16. The van der Waals surface area contributed by atoms with E-state index in [0.717, 1.165) is 42.9 Å². The Bertz CT molecular complexity index is 871. The molecule has 3 rings (SSSR count). The zero-order chi connectivity index (χ0) is 21.5. The number of thioether (sulfide) groups is 1. The van der Waals surface area contributed by atoms with Crippen molar-refractivity contribution in [1.82, 2.24) is 25.4 Å². The molecule has 0 amide bonds. The first-order valence-corrected chi connectivity index (χ1v) is 11.5. The first kappa shape index (κ1) is 22.3. The summed E-state index contributed by atoms with van der Waals surface area (Å²) in [7, 11) is 1.92. The molecule has 2 aromatic rings. The first-order chi connectivity index (χ1) is 14.5. The molecule has 30 heavy (non-hydrogen) atoms. The summed E-state index contributed by atoms with van der Waals surface area (Å²) in [4.78, 5) is 6.61. The Morgan fingerprint density at radius 3 is 2.87 bits per heavy atom. The fourth-order valence-electron chi connectivity index (χ4n) is 3.34. The van der Waals surface area contributed by atoms with Gasteiger partial charge in [0.2, 0.25) is 0 Å². The number of anilines is 1. The molecule has 0 saturated carbocycles. The van der Waals surface area contributed by atoms with Crippen LogP contribution in [-0.2, 0) is 13.6 Å². The van der Waals surface area contributed by atoms with Crippen molar-refractivity contribution in [3.8, 4) is 0 Å². The van der Waals surface area contributed by atoms with Crippen LogP contribution in [-0.4, -0.2) is 58.4 Å². The molecule has 1 atom stereocenters. The Labute approximate surface area is 180 Å². The Kier molecular flexibility index (Phi) is 7.89. The van der Waals surface area contributed by atoms with Crippen molar-refractivity contribution in [2.45, 2.75) is 32.4 Å². The molecule has 1 aromatic carbocycles. The monoisotopic (exact) mass is 437 g/mol. The van der Waals surface area contributed by atoms with E-state index in [4.69, 9.17) is 0 Å². The van der Waals surface area contributed by atoms with Gasteiger partial charge in [0.1, 0.15) is 24.0 Å². The van der Waals surface area contributed by atoms with E-state index in [0.29, 0.717) is 31.3 Å². The second kappa shape index (κ2) is 10.6. The van der Waals surface area contributed by atoms with Gasteiger partial charge in [-0.15, -0.1) is 10.2 Å². The molecule has 1 aliphatic heterocycles. The lowest BCUT2D eigenvalue weighted by molar-refractivity contribution is 0.580. The highest BCUT2D eigenvalue weighted by Gasteiger charge is 2.25. The predicted octanol–water partition coefficient (Wildman–Crippen LogP) is 2.47. The molecular formula is C20H29F2N7S. The fourth-order valence-corrected chi connectivity index (χ4v) is 3.78. The lowest BCUT2D eigenvalue weighted by Gasteiger charge is -2.21. The Morgan fingerprint density at radius 2 is 2.17 bits per heavy atom. The van der Waals surface area contributed by atoms with E-state index in [-0.39, 0.29) is 6.04 Å². The molecule has 1 fully saturated rings. The normalized spacial score (nSPS) is 16.9. The van der Waals surface area contributed by atoms with E-state index in [1.54, 1.807) is 0 Å². The Morgan fingerprint density at radius 1 is 1.33 bits per heavy atom. The van der Waals surface area contributed by atoms with Gasteiger partial charge in [-0.25, -0.2) is 13.8 Å². The molecule has 1 saturated heterocycles. The average Bonchev–Trinajstić information content (AvgIpc) is 3.30. The maximum Gasteiger partial charge on any atom is 0.191 e. The molecule has 2 N–H and O–H groups in total. The number of aliphatic imine (C=N–C) groups is 1. The highest BCUT2D eigenvalue weighted by molar-refractivity contribution is 7.98. The number of hydrogen-bond acceptors (Lipinski definition) is 5. The number of nitrogens with zero attached hydrogens (tertiary/aromatic N) is 5. The molecule has 2 heterocycles. The van der Waals surface area contributed by atoms with Gasteiger partial charge in [0.25, 0.3) is 0 Å². The molecule has 10 heteroatoms. The largest absolute Gasteiger partial charge is 0.367 e. The van der Waals surface area contributed by atoms with E-state index in [9.17, 15) is 8.78 Å². The van der Waals surface area contributed by atoms with Gasteiger partial charge in [-0.1, -0.05) is 0 Å². The Balaban J connectivity index is 1.63. The minimum Gasteiger partial charge on any atom is -0.367 e. The SMILES string of the molecule is CSCCCNC(=NCc1nnc(C)n1C)NC1CCN(c2ccc(F)cc2F)C1. The quantitative estimate of drug-likeness (QED) is 0.376. The van der Waals surface area contributed by atoms with Crippen molar-refractivity contribution in [2.75, 3.05) is 36.5 Å². The maximum absolute atomic E-state index is 14.1. The van der Waals surface area contributed by atoms with E-state index in [2.05, 4.69) is 32.1 Å². The van der Waals surface area contributed by atoms with Crippen LogP contribution in [0.2, 0.25) is 0 Å². The minimum absolute atomic E-state index is 0.113. The van der Waals surface area contributed by atoms with Crippen LogP contribution in [0.1, 0.15) is 24.5 Å². The third-order valence-corrected chi connectivity index (χ3v) is 5.86. The van der Waals surface area contributed by atoms with Crippen molar-refractivity contribution in [3.63, 3.8) is 0 Å². The zero-order valence-corrected chi connectivity index (χ0v) is 18.5. The summed E-state index contributed by atoms with van der Waals surface area (Å²) >= 11 is 1.81. The summed E-state index contributed by atoms with van der Waals surface area (Å²) < 4.78 is 29.2. The summed E-state index contributed by atoms with van der Waals surface area (Å²) in [6.45, 7) is 4.45. The lowest BCUT2D eigenvalue weighted by atomic mass is 10.2. The minimum atomic E-state index is -0.562. The molecule has 0 radical (unpaired) electrons. The summed E-state index contributed by atoms with van der Waals surface area (Å²) in [5.74, 6) is 2.33. The molecule has 0 bridgehead atoms. The van der Waals surface area contributed by atoms with Gasteiger partial charge in [-0.3, -0.25) is 0 Å². The number of benzene rings is 1. The van der Waals surface area contributed by atoms with Gasteiger partial charge in [0.05, 0.1) is 5.69 Å². The second-order valence-electron chi connectivity index (χ2n) is 7.33. The highest BCUT2D eigenvalue weighted by atomic mass is 32.2. The predicted molar refractivity (Wildman–Crippen MR) is 118 cm³/mol. The molecule has 1 aliphatic rings.